The Morgan fingerprint density at radius 1 is 1.10 bits per heavy atom. The lowest BCUT2D eigenvalue weighted by Crippen LogP contribution is -2.40. The summed E-state index contributed by atoms with van der Waals surface area (Å²) in [7, 11) is 0. The maximum absolute atomic E-state index is 12.5. The maximum atomic E-state index is 12.5. The Balaban J connectivity index is 1.59. The molecule has 0 aliphatic carbocycles. The van der Waals surface area contributed by atoms with Gasteiger partial charge in [0.2, 0.25) is 0 Å². The third kappa shape index (κ3) is 5.47. The van der Waals surface area contributed by atoms with Gasteiger partial charge in [-0.1, -0.05) is 32.0 Å². The van der Waals surface area contributed by atoms with Crippen molar-refractivity contribution in [3.05, 3.63) is 83.6 Å². The zero-order valence-electron chi connectivity index (χ0n) is 17.3. The number of aromatic nitrogens is 1. The van der Waals surface area contributed by atoms with E-state index in [1.165, 1.54) is 6.26 Å². The predicted octanol–water partition coefficient (Wildman–Crippen LogP) is 4.43. The van der Waals surface area contributed by atoms with Gasteiger partial charge in [0.15, 0.2) is 5.76 Å². The molecule has 0 spiro atoms. The number of urea groups is 1. The van der Waals surface area contributed by atoms with Crippen LogP contribution >= 0.6 is 0 Å². The van der Waals surface area contributed by atoms with Gasteiger partial charge in [-0.25, -0.2) is 4.79 Å². The minimum atomic E-state index is -0.326. The Hall–Kier alpha value is -3.61. The van der Waals surface area contributed by atoms with E-state index in [4.69, 9.17) is 4.42 Å². The average Bonchev–Trinajstić information content (AvgIpc) is 3.26. The van der Waals surface area contributed by atoms with Gasteiger partial charge in [-0.2, -0.15) is 0 Å². The number of carbonyl (C=O) groups excluding carboxylic acids is 2. The summed E-state index contributed by atoms with van der Waals surface area (Å²) >= 11 is 0. The highest BCUT2D eigenvalue weighted by Gasteiger charge is 2.21. The van der Waals surface area contributed by atoms with E-state index < -0.39 is 0 Å². The number of pyridine rings is 1. The molecule has 30 heavy (non-hydrogen) atoms. The van der Waals surface area contributed by atoms with E-state index in [-0.39, 0.29) is 29.7 Å². The van der Waals surface area contributed by atoms with Crippen LogP contribution in [0.4, 0.5) is 10.5 Å². The molecule has 0 fully saturated rings. The van der Waals surface area contributed by atoms with Crippen molar-refractivity contribution in [2.45, 2.75) is 33.4 Å². The summed E-state index contributed by atoms with van der Waals surface area (Å²) in [6.45, 7) is 6.40. The molecule has 1 atom stereocenters. The lowest BCUT2D eigenvalue weighted by atomic mass is 9.97. The molecule has 3 amide bonds. The zero-order chi connectivity index (χ0) is 21.5. The van der Waals surface area contributed by atoms with E-state index in [0.717, 1.165) is 16.8 Å². The molecule has 7 heteroatoms. The first kappa shape index (κ1) is 21.1. The van der Waals surface area contributed by atoms with Crippen LogP contribution in [-0.2, 0) is 6.54 Å². The lowest BCUT2D eigenvalue weighted by Gasteiger charge is -2.23. The molecule has 1 aromatic carbocycles. The summed E-state index contributed by atoms with van der Waals surface area (Å²) in [6, 6.07) is 14.0. The van der Waals surface area contributed by atoms with Crippen molar-refractivity contribution in [2.75, 3.05) is 5.32 Å². The molecular weight excluding hydrogens is 380 g/mol. The molecule has 0 bridgehead atoms. The highest BCUT2D eigenvalue weighted by atomic mass is 16.3. The number of nitrogens with zero attached hydrogens (tertiary/aromatic N) is 1. The Bertz CT molecular complexity index is 999. The molecule has 1 unspecified atom stereocenters. The first-order valence-electron chi connectivity index (χ1n) is 9.83. The monoisotopic (exact) mass is 406 g/mol. The minimum absolute atomic E-state index is 0.185. The number of carbonyl (C=O) groups is 2. The predicted molar refractivity (Wildman–Crippen MR) is 115 cm³/mol. The average molecular weight is 406 g/mol. The van der Waals surface area contributed by atoms with E-state index in [2.05, 4.69) is 20.9 Å². The molecule has 0 aliphatic heterocycles. The summed E-state index contributed by atoms with van der Waals surface area (Å²) in [5, 5.41) is 8.67. The van der Waals surface area contributed by atoms with Gasteiger partial charge in [0.25, 0.3) is 5.91 Å². The van der Waals surface area contributed by atoms with Gasteiger partial charge in [0.05, 0.1) is 18.0 Å². The van der Waals surface area contributed by atoms with Gasteiger partial charge in [-0.05, 0) is 54.3 Å². The van der Waals surface area contributed by atoms with Crippen LogP contribution in [0.5, 0.6) is 0 Å². The lowest BCUT2D eigenvalue weighted by molar-refractivity contribution is 0.0996. The fraction of sp³-hybridized carbons (Fsp3) is 0.261. The Morgan fingerprint density at radius 3 is 2.63 bits per heavy atom. The second-order valence-electron chi connectivity index (χ2n) is 7.39. The van der Waals surface area contributed by atoms with Crippen molar-refractivity contribution in [3.8, 4) is 0 Å². The maximum Gasteiger partial charge on any atom is 0.315 e. The first-order valence-corrected chi connectivity index (χ1v) is 9.83. The number of rotatable bonds is 7. The zero-order valence-corrected chi connectivity index (χ0v) is 17.3. The fourth-order valence-corrected chi connectivity index (χ4v) is 3.11. The van der Waals surface area contributed by atoms with Crippen LogP contribution in [0.3, 0.4) is 0 Å². The van der Waals surface area contributed by atoms with E-state index >= 15 is 0 Å². The molecule has 2 aromatic heterocycles. The van der Waals surface area contributed by atoms with Crippen molar-refractivity contribution in [1.29, 1.82) is 0 Å². The van der Waals surface area contributed by atoms with E-state index in [9.17, 15) is 9.59 Å². The number of amides is 3. The van der Waals surface area contributed by atoms with E-state index in [0.29, 0.717) is 12.2 Å². The topological polar surface area (TPSA) is 96.3 Å². The third-order valence-electron chi connectivity index (χ3n) is 4.68. The van der Waals surface area contributed by atoms with E-state index in [1.807, 2.05) is 51.1 Å². The number of nitrogens with one attached hydrogen (secondary N) is 3. The molecule has 0 saturated carbocycles. The number of aryl methyl sites for hydroxylation is 1. The van der Waals surface area contributed by atoms with Gasteiger partial charge in [-0.3, -0.25) is 9.78 Å². The second-order valence-corrected chi connectivity index (χ2v) is 7.39. The Kier molecular flexibility index (Phi) is 6.85. The number of hydrogen-bond donors (Lipinski definition) is 3. The molecule has 156 valence electrons. The summed E-state index contributed by atoms with van der Waals surface area (Å²) in [5.41, 5.74) is 3.39. The molecule has 0 radical (unpaired) electrons. The molecule has 0 saturated heterocycles. The summed E-state index contributed by atoms with van der Waals surface area (Å²) < 4.78 is 5.10. The highest BCUT2D eigenvalue weighted by molar-refractivity contribution is 6.02. The fourth-order valence-electron chi connectivity index (χ4n) is 3.11. The summed E-state index contributed by atoms with van der Waals surface area (Å²) in [6.07, 6.45) is 3.19. The second kappa shape index (κ2) is 9.73. The van der Waals surface area contributed by atoms with Crippen molar-refractivity contribution in [3.63, 3.8) is 0 Å². The summed E-state index contributed by atoms with van der Waals surface area (Å²) in [4.78, 5) is 29.1. The molecule has 2 heterocycles. The smallest absolute Gasteiger partial charge is 0.315 e. The van der Waals surface area contributed by atoms with Crippen molar-refractivity contribution >= 4 is 17.6 Å². The first-order chi connectivity index (χ1) is 14.4. The number of furan rings is 1. The van der Waals surface area contributed by atoms with Crippen LogP contribution in [0.25, 0.3) is 0 Å². The van der Waals surface area contributed by atoms with Crippen molar-refractivity contribution < 1.29 is 14.0 Å². The van der Waals surface area contributed by atoms with Crippen LogP contribution in [0, 0.1) is 12.8 Å². The van der Waals surface area contributed by atoms with Gasteiger partial charge in [0, 0.05) is 18.4 Å². The molecule has 7 nitrogen and oxygen atoms in total. The quantitative estimate of drug-likeness (QED) is 0.541. The molecule has 3 rings (SSSR count). The van der Waals surface area contributed by atoms with Crippen molar-refractivity contribution in [2.24, 2.45) is 5.92 Å². The number of hydrogen-bond acceptors (Lipinski definition) is 4. The minimum Gasteiger partial charge on any atom is -0.459 e. The van der Waals surface area contributed by atoms with E-state index in [1.54, 1.807) is 24.4 Å². The number of anilines is 1. The summed E-state index contributed by atoms with van der Waals surface area (Å²) in [5.74, 6) is 0.0975. The van der Waals surface area contributed by atoms with Crippen molar-refractivity contribution in [1.82, 2.24) is 15.6 Å². The van der Waals surface area contributed by atoms with Gasteiger partial charge >= 0.3 is 6.03 Å². The van der Waals surface area contributed by atoms with Crippen LogP contribution in [0.1, 0.15) is 47.3 Å². The van der Waals surface area contributed by atoms with Crippen LogP contribution in [0.2, 0.25) is 0 Å². The SMILES string of the molecule is Cc1cccnc1C(NC(=O)NCc1cccc(NC(=O)c2ccco2)c1)C(C)C. The molecular formula is C23H26N4O3. The Labute approximate surface area is 175 Å². The normalized spacial score (nSPS) is 11.7. The number of benzene rings is 1. The van der Waals surface area contributed by atoms with Gasteiger partial charge in [0.1, 0.15) is 0 Å². The van der Waals surface area contributed by atoms with Crippen LogP contribution in [0.15, 0.2) is 65.4 Å². The molecule has 0 aliphatic rings. The van der Waals surface area contributed by atoms with Gasteiger partial charge < -0.3 is 20.4 Å². The van der Waals surface area contributed by atoms with Crippen LogP contribution < -0.4 is 16.0 Å². The van der Waals surface area contributed by atoms with Crippen LogP contribution in [-0.4, -0.2) is 16.9 Å². The van der Waals surface area contributed by atoms with Gasteiger partial charge in [-0.15, -0.1) is 0 Å². The Morgan fingerprint density at radius 2 is 1.93 bits per heavy atom. The highest BCUT2D eigenvalue weighted by Crippen LogP contribution is 2.22. The standard InChI is InChI=1S/C23H26N4O3/c1-15(2)20(21-16(3)7-5-11-24-21)27-23(29)25-14-17-8-4-9-18(13-17)26-22(28)19-10-6-12-30-19/h4-13,15,20H,14H2,1-3H3,(H,26,28)(H2,25,27,29). The largest absolute Gasteiger partial charge is 0.459 e. The molecule has 3 aromatic rings. The third-order valence-corrected chi connectivity index (χ3v) is 4.68. The molecule has 3 N–H and O–H groups in total.